The molecule has 0 aromatic heterocycles. The Balaban J connectivity index is 1.33. The van der Waals surface area contributed by atoms with E-state index in [9.17, 15) is 31.2 Å². The Morgan fingerprint density at radius 2 is 1.55 bits per heavy atom. The number of amides is 1. The summed E-state index contributed by atoms with van der Waals surface area (Å²) in [6.07, 6.45) is 2.94. The number of rotatable bonds is 13. The highest BCUT2D eigenvalue weighted by Gasteiger charge is 2.39. The molecule has 0 bridgehead atoms. The summed E-state index contributed by atoms with van der Waals surface area (Å²) in [5.74, 6) is -2.16. The number of hydrogen-bond acceptors (Lipinski definition) is 9. The van der Waals surface area contributed by atoms with E-state index in [1.165, 1.54) is 28.6 Å². The Labute approximate surface area is 259 Å². The van der Waals surface area contributed by atoms with E-state index in [1.54, 1.807) is 24.3 Å². The number of esters is 2. The number of ether oxygens (including phenoxy) is 1. The molecule has 0 radical (unpaired) electrons. The minimum atomic E-state index is -4.10. The molecule has 1 amide bonds. The number of benzene rings is 2. The molecule has 3 atom stereocenters. The fourth-order valence-corrected chi connectivity index (χ4v) is 8.14. The molecular formula is C30H40N4O8S2. The maximum atomic E-state index is 13.2. The van der Waals surface area contributed by atoms with Gasteiger partial charge in [0.15, 0.2) is 0 Å². The second kappa shape index (κ2) is 14.7. The lowest BCUT2D eigenvalue weighted by molar-refractivity contribution is -0.162. The summed E-state index contributed by atoms with van der Waals surface area (Å²) < 4.78 is 61.1. The number of carbonyl (C=O) groups is 3. The molecule has 14 heteroatoms. The van der Waals surface area contributed by atoms with Crippen LogP contribution >= 0.6 is 0 Å². The molecule has 2 heterocycles. The van der Waals surface area contributed by atoms with Gasteiger partial charge in [-0.15, -0.1) is 0 Å². The van der Waals surface area contributed by atoms with Crippen LogP contribution in [0.15, 0.2) is 58.3 Å². The molecule has 0 spiro atoms. The van der Waals surface area contributed by atoms with Crippen molar-refractivity contribution in [1.29, 1.82) is 0 Å². The Hall–Kier alpha value is -3.17. The largest absolute Gasteiger partial charge is 0.391 e. The summed E-state index contributed by atoms with van der Waals surface area (Å²) >= 11 is 0. The molecule has 2 saturated heterocycles. The number of aryl methyl sites for hydroxylation is 2. The number of unbranched alkanes of at least 4 members (excludes halogenated alkanes) is 1. The first kappa shape index (κ1) is 33.7. The van der Waals surface area contributed by atoms with Crippen LogP contribution in [-0.4, -0.2) is 76.7 Å². The fraction of sp³-hybridized carbons (Fsp3) is 0.500. The van der Waals surface area contributed by atoms with Crippen molar-refractivity contribution < 1.29 is 36.0 Å². The van der Waals surface area contributed by atoms with Gasteiger partial charge in [-0.3, -0.25) is 4.79 Å². The average Bonchev–Trinajstić information content (AvgIpc) is 3.70. The van der Waals surface area contributed by atoms with Gasteiger partial charge in [-0.1, -0.05) is 35.4 Å². The molecule has 4 rings (SSSR count). The van der Waals surface area contributed by atoms with Crippen LogP contribution < -0.4 is 15.4 Å². The van der Waals surface area contributed by atoms with Crippen molar-refractivity contribution in [3.63, 3.8) is 0 Å². The number of nitrogens with zero attached hydrogens (tertiary/aromatic N) is 1. The zero-order chi connectivity index (χ0) is 31.9. The van der Waals surface area contributed by atoms with Crippen LogP contribution in [0.4, 0.5) is 0 Å². The molecule has 2 aromatic rings. The second-order valence-corrected chi connectivity index (χ2v) is 14.9. The van der Waals surface area contributed by atoms with E-state index < -0.39 is 56.0 Å². The van der Waals surface area contributed by atoms with Crippen molar-refractivity contribution in [1.82, 2.24) is 19.7 Å². The minimum Gasteiger partial charge on any atom is -0.391 e. The second-order valence-electron chi connectivity index (χ2n) is 11.2. The van der Waals surface area contributed by atoms with Crippen molar-refractivity contribution in [3.8, 4) is 0 Å². The van der Waals surface area contributed by atoms with Crippen molar-refractivity contribution >= 4 is 37.9 Å². The molecule has 0 aliphatic carbocycles. The molecule has 44 heavy (non-hydrogen) atoms. The first-order valence-electron chi connectivity index (χ1n) is 14.8. The van der Waals surface area contributed by atoms with E-state index in [-0.39, 0.29) is 29.3 Å². The van der Waals surface area contributed by atoms with Gasteiger partial charge in [0, 0.05) is 13.1 Å². The molecule has 2 aliphatic rings. The predicted molar refractivity (Wildman–Crippen MR) is 162 cm³/mol. The van der Waals surface area contributed by atoms with Crippen molar-refractivity contribution in [2.45, 2.75) is 86.7 Å². The lowest BCUT2D eigenvalue weighted by Crippen LogP contribution is -2.46. The zero-order valence-corrected chi connectivity index (χ0v) is 26.6. The number of sulfonamides is 2. The van der Waals surface area contributed by atoms with Gasteiger partial charge < -0.3 is 15.4 Å². The van der Waals surface area contributed by atoms with Gasteiger partial charge in [0.25, 0.3) is 0 Å². The summed E-state index contributed by atoms with van der Waals surface area (Å²) in [4.78, 5) is 38.5. The Bertz CT molecular complexity index is 1540. The van der Waals surface area contributed by atoms with Gasteiger partial charge in [-0.05, 0) is 89.6 Å². The predicted octanol–water partition coefficient (Wildman–Crippen LogP) is 1.91. The summed E-state index contributed by atoms with van der Waals surface area (Å²) in [5, 5.41) is 5.73. The number of nitrogens with one attached hydrogen (secondary N) is 3. The maximum absolute atomic E-state index is 13.2. The van der Waals surface area contributed by atoms with E-state index >= 15 is 0 Å². The Morgan fingerprint density at radius 1 is 0.909 bits per heavy atom. The molecule has 0 unspecified atom stereocenters. The third-order valence-corrected chi connectivity index (χ3v) is 11.2. The monoisotopic (exact) mass is 648 g/mol. The van der Waals surface area contributed by atoms with Crippen LogP contribution in [-0.2, 0) is 39.2 Å². The van der Waals surface area contributed by atoms with Crippen molar-refractivity contribution in [2.75, 3.05) is 19.6 Å². The molecular weight excluding hydrogens is 608 g/mol. The highest BCUT2D eigenvalue weighted by Crippen LogP contribution is 2.26. The SMILES string of the molecule is Cc1ccc(S(=O)(=O)N[C@@H](CCCCNC(=O)[C@@H]2CCCN2S(=O)(=O)c2ccc(C)cc2)C(=O)OC(=O)[C@@H]2CCCN2)cc1. The van der Waals surface area contributed by atoms with Crippen LogP contribution in [0.25, 0.3) is 0 Å². The maximum Gasteiger partial charge on any atom is 0.331 e. The molecule has 2 fully saturated rings. The summed E-state index contributed by atoms with van der Waals surface area (Å²) in [6, 6.07) is 9.83. The van der Waals surface area contributed by atoms with E-state index in [2.05, 4.69) is 15.4 Å². The third-order valence-electron chi connectivity index (χ3n) is 7.81. The quantitative estimate of drug-likeness (QED) is 0.167. The van der Waals surface area contributed by atoms with E-state index in [0.717, 1.165) is 17.5 Å². The van der Waals surface area contributed by atoms with Gasteiger partial charge in [-0.2, -0.15) is 9.03 Å². The Kier molecular flexibility index (Phi) is 11.3. The zero-order valence-electron chi connectivity index (χ0n) is 25.0. The summed E-state index contributed by atoms with van der Waals surface area (Å²) in [5.41, 5.74) is 1.79. The molecule has 240 valence electrons. The first-order valence-corrected chi connectivity index (χ1v) is 17.7. The minimum absolute atomic E-state index is 0.0164. The normalized spacial score (nSPS) is 19.9. The topological polar surface area (TPSA) is 168 Å². The molecule has 3 N–H and O–H groups in total. The van der Waals surface area contributed by atoms with Gasteiger partial charge >= 0.3 is 11.9 Å². The lowest BCUT2D eigenvalue weighted by atomic mass is 10.1. The van der Waals surface area contributed by atoms with Gasteiger partial charge in [0.05, 0.1) is 9.79 Å². The van der Waals surface area contributed by atoms with Crippen molar-refractivity contribution in [3.05, 3.63) is 59.7 Å². The van der Waals surface area contributed by atoms with Crippen LogP contribution in [0.1, 0.15) is 56.1 Å². The number of carbonyl (C=O) groups excluding carboxylic acids is 3. The van der Waals surface area contributed by atoms with Crippen LogP contribution in [0.3, 0.4) is 0 Å². The third kappa shape index (κ3) is 8.51. The van der Waals surface area contributed by atoms with Gasteiger partial charge in [-0.25, -0.2) is 26.4 Å². The average molecular weight is 649 g/mol. The van der Waals surface area contributed by atoms with Crippen LogP contribution in [0, 0.1) is 13.8 Å². The van der Waals surface area contributed by atoms with Crippen LogP contribution in [0.2, 0.25) is 0 Å². The van der Waals surface area contributed by atoms with Crippen LogP contribution in [0.5, 0.6) is 0 Å². The van der Waals surface area contributed by atoms with Crippen molar-refractivity contribution in [2.24, 2.45) is 0 Å². The molecule has 0 saturated carbocycles. The highest BCUT2D eigenvalue weighted by molar-refractivity contribution is 7.89. The first-order chi connectivity index (χ1) is 20.9. The number of hydrogen-bond donors (Lipinski definition) is 3. The smallest absolute Gasteiger partial charge is 0.331 e. The fourth-order valence-electron chi connectivity index (χ4n) is 5.26. The molecule has 2 aromatic carbocycles. The van der Waals surface area contributed by atoms with E-state index in [4.69, 9.17) is 4.74 Å². The molecule has 2 aliphatic heterocycles. The standard InChI is InChI=1S/C30H40N4O8S2/c1-21-10-14-23(15-11-21)43(38,39)33-26(30(37)42-29(36)25-8-5-19-31-25)7-3-4-18-32-28(35)27-9-6-20-34(27)44(40,41)24-16-12-22(2)13-17-24/h10-17,25-27,31,33H,3-9,18-20H2,1-2H3,(H,32,35)/t25-,26-,27-/m0/s1. The molecule has 12 nitrogen and oxygen atoms in total. The highest BCUT2D eigenvalue weighted by atomic mass is 32.2. The lowest BCUT2D eigenvalue weighted by Gasteiger charge is -2.23. The van der Waals surface area contributed by atoms with Gasteiger partial charge in [0.1, 0.15) is 18.1 Å². The summed E-state index contributed by atoms with van der Waals surface area (Å²) in [6.45, 7) is 4.73. The Morgan fingerprint density at radius 3 is 2.16 bits per heavy atom. The van der Waals surface area contributed by atoms with E-state index in [0.29, 0.717) is 38.6 Å². The summed E-state index contributed by atoms with van der Waals surface area (Å²) in [7, 11) is -7.94. The van der Waals surface area contributed by atoms with Gasteiger partial charge in [0.2, 0.25) is 26.0 Å². The van der Waals surface area contributed by atoms with E-state index in [1.807, 2.05) is 13.8 Å².